The van der Waals surface area contributed by atoms with Crippen molar-refractivity contribution in [3.8, 4) is 5.75 Å². The molecule has 0 aliphatic carbocycles. The SMILES string of the molecule is CC(OC(=O)COc1ccc(N2CCCC2=O)cc1)C(=O)Nc1cccc(Cl)c1Cl. The average molecular weight is 451 g/mol. The first-order valence-electron chi connectivity index (χ1n) is 9.32. The Morgan fingerprint density at radius 2 is 1.90 bits per heavy atom. The lowest BCUT2D eigenvalue weighted by molar-refractivity contribution is -0.155. The summed E-state index contributed by atoms with van der Waals surface area (Å²) in [4.78, 5) is 37.7. The fourth-order valence-corrected chi connectivity index (χ4v) is 3.25. The molecule has 3 rings (SSSR count). The van der Waals surface area contributed by atoms with Crippen LogP contribution in [0.3, 0.4) is 0 Å². The number of nitrogens with one attached hydrogen (secondary N) is 1. The predicted molar refractivity (Wildman–Crippen MR) is 114 cm³/mol. The van der Waals surface area contributed by atoms with Crippen LogP contribution in [0.2, 0.25) is 10.0 Å². The topological polar surface area (TPSA) is 84.9 Å². The molecule has 1 aliphatic rings. The Labute approximate surface area is 183 Å². The number of hydrogen-bond donors (Lipinski definition) is 1. The number of carbonyl (C=O) groups is 3. The Hall–Kier alpha value is -2.77. The van der Waals surface area contributed by atoms with E-state index in [2.05, 4.69) is 5.32 Å². The van der Waals surface area contributed by atoms with Gasteiger partial charge in [0.25, 0.3) is 5.91 Å². The van der Waals surface area contributed by atoms with Crippen LogP contribution in [0.5, 0.6) is 5.75 Å². The van der Waals surface area contributed by atoms with Crippen molar-refractivity contribution in [3.05, 3.63) is 52.5 Å². The average Bonchev–Trinajstić information content (AvgIpc) is 3.16. The van der Waals surface area contributed by atoms with Crippen LogP contribution in [0, 0.1) is 0 Å². The van der Waals surface area contributed by atoms with Crippen molar-refractivity contribution in [2.24, 2.45) is 0 Å². The number of halogens is 2. The van der Waals surface area contributed by atoms with Crippen molar-refractivity contribution in [1.82, 2.24) is 0 Å². The maximum absolute atomic E-state index is 12.2. The molecule has 158 valence electrons. The van der Waals surface area contributed by atoms with Gasteiger partial charge in [0.05, 0.1) is 15.7 Å². The third kappa shape index (κ3) is 5.43. The number of rotatable bonds is 7. The van der Waals surface area contributed by atoms with Gasteiger partial charge < -0.3 is 19.7 Å². The van der Waals surface area contributed by atoms with Crippen LogP contribution in [-0.4, -0.2) is 37.0 Å². The quantitative estimate of drug-likeness (QED) is 0.642. The van der Waals surface area contributed by atoms with E-state index < -0.39 is 18.0 Å². The molecule has 2 amide bonds. The number of carbonyl (C=O) groups excluding carboxylic acids is 3. The summed E-state index contributed by atoms with van der Waals surface area (Å²) in [7, 11) is 0. The van der Waals surface area contributed by atoms with Crippen LogP contribution < -0.4 is 15.0 Å². The first-order chi connectivity index (χ1) is 14.3. The predicted octanol–water partition coefficient (Wildman–Crippen LogP) is 4.07. The smallest absolute Gasteiger partial charge is 0.344 e. The van der Waals surface area contributed by atoms with Gasteiger partial charge in [0.15, 0.2) is 12.7 Å². The van der Waals surface area contributed by atoms with Crippen LogP contribution >= 0.6 is 23.2 Å². The summed E-state index contributed by atoms with van der Waals surface area (Å²) >= 11 is 11.9. The minimum absolute atomic E-state index is 0.0959. The van der Waals surface area contributed by atoms with Crippen molar-refractivity contribution in [1.29, 1.82) is 0 Å². The summed E-state index contributed by atoms with van der Waals surface area (Å²) in [6.45, 7) is 1.77. The monoisotopic (exact) mass is 450 g/mol. The fourth-order valence-electron chi connectivity index (χ4n) is 2.91. The van der Waals surface area contributed by atoms with Gasteiger partial charge in [0.2, 0.25) is 5.91 Å². The van der Waals surface area contributed by atoms with Crippen molar-refractivity contribution in [2.75, 3.05) is 23.4 Å². The molecule has 1 saturated heterocycles. The highest BCUT2D eigenvalue weighted by Gasteiger charge is 2.22. The maximum atomic E-state index is 12.2. The first kappa shape index (κ1) is 21.9. The van der Waals surface area contributed by atoms with Gasteiger partial charge in [-0.15, -0.1) is 0 Å². The molecule has 1 unspecified atom stereocenters. The van der Waals surface area contributed by atoms with Gasteiger partial charge >= 0.3 is 5.97 Å². The second-order valence-corrected chi connectivity index (χ2v) is 7.44. The summed E-state index contributed by atoms with van der Waals surface area (Å²) in [6, 6.07) is 11.7. The molecule has 0 radical (unpaired) electrons. The molecule has 7 nitrogen and oxygen atoms in total. The number of benzene rings is 2. The van der Waals surface area contributed by atoms with Gasteiger partial charge in [0, 0.05) is 18.7 Å². The van der Waals surface area contributed by atoms with E-state index in [4.69, 9.17) is 32.7 Å². The molecule has 0 bridgehead atoms. The second-order valence-electron chi connectivity index (χ2n) is 6.65. The largest absolute Gasteiger partial charge is 0.482 e. The molecule has 2 aromatic rings. The molecule has 1 aliphatic heterocycles. The summed E-state index contributed by atoms with van der Waals surface area (Å²) in [5, 5.41) is 3.06. The van der Waals surface area contributed by atoms with Gasteiger partial charge in [0.1, 0.15) is 5.75 Å². The molecule has 1 heterocycles. The number of nitrogens with zero attached hydrogens (tertiary/aromatic N) is 1. The zero-order valence-electron chi connectivity index (χ0n) is 16.2. The molecule has 2 aromatic carbocycles. The molecule has 0 aromatic heterocycles. The molecule has 0 spiro atoms. The summed E-state index contributed by atoms with van der Waals surface area (Å²) in [6.07, 6.45) is 0.345. The number of esters is 1. The second kappa shape index (κ2) is 9.82. The van der Waals surface area contributed by atoms with E-state index in [9.17, 15) is 14.4 Å². The minimum atomic E-state index is -1.06. The van der Waals surface area contributed by atoms with Gasteiger partial charge in [-0.05, 0) is 49.7 Å². The van der Waals surface area contributed by atoms with E-state index in [1.54, 1.807) is 47.4 Å². The van der Waals surface area contributed by atoms with Crippen LogP contribution in [0.25, 0.3) is 0 Å². The Kier molecular flexibility index (Phi) is 7.18. The Balaban J connectivity index is 1.47. The lowest BCUT2D eigenvalue weighted by atomic mass is 10.3. The Morgan fingerprint density at radius 3 is 2.57 bits per heavy atom. The van der Waals surface area contributed by atoms with E-state index in [1.807, 2.05) is 0 Å². The summed E-state index contributed by atoms with van der Waals surface area (Å²) in [5.74, 6) is -0.704. The van der Waals surface area contributed by atoms with Crippen molar-refractivity contribution >= 4 is 52.4 Å². The fraction of sp³-hybridized carbons (Fsp3) is 0.286. The molecule has 1 N–H and O–H groups in total. The molecule has 1 atom stereocenters. The molecule has 9 heteroatoms. The number of anilines is 2. The highest BCUT2D eigenvalue weighted by molar-refractivity contribution is 6.44. The molecule has 1 fully saturated rings. The maximum Gasteiger partial charge on any atom is 0.344 e. The minimum Gasteiger partial charge on any atom is -0.482 e. The highest BCUT2D eigenvalue weighted by atomic mass is 35.5. The van der Waals surface area contributed by atoms with Crippen LogP contribution in [0.1, 0.15) is 19.8 Å². The Bertz CT molecular complexity index is 949. The van der Waals surface area contributed by atoms with E-state index in [0.29, 0.717) is 29.4 Å². The van der Waals surface area contributed by atoms with Crippen molar-refractivity contribution in [3.63, 3.8) is 0 Å². The Morgan fingerprint density at radius 1 is 1.17 bits per heavy atom. The third-order valence-electron chi connectivity index (χ3n) is 4.47. The number of hydrogen-bond acceptors (Lipinski definition) is 5. The molecule has 30 heavy (non-hydrogen) atoms. The highest BCUT2D eigenvalue weighted by Crippen LogP contribution is 2.29. The van der Waals surface area contributed by atoms with Gasteiger partial charge in [-0.3, -0.25) is 9.59 Å². The van der Waals surface area contributed by atoms with Gasteiger partial charge in [-0.1, -0.05) is 29.3 Å². The standard InChI is InChI=1S/C21H20Cl2N2O5/c1-13(21(28)24-17-5-2-4-16(22)20(17)23)30-19(27)12-29-15-9-7-14(8-10-15)25-11-3-6-18(25)26/h2,4-5,7-10,13H,3,6,11-12H2,1H3,(H,24,28). The van der Waals surface area contributed by atoms with Gasteiger partial charge in [-0.25, -0.2) is 4.79 Å². The molecule has 0 saturated carbocycles. The van der Waals surface area contributed by atoms with E-state index >= 15 is 0 Å². The summed E-state index contributed by atoms with van der Waals surface area (Å²) < 4.78 is 10.5. The van der Waals surface area contributed by atoms with E-state index in [0.717, 1.165) is 12.1 Å². The molecular formula is C21H20Cl2N2O5. The van der Waals surface area contributed by atoms with Crippen molar-refractivity contribution < 1.29 is 23.9 Å². The lowest BCUT2D eigenvalue weighted by Crippen LogP contribution is -2.31. The number of ether oxygens (including phenoxy) is 2. The summed E-state index contributed by atoms with van der Waals surface area (Å²) in [5.41, 5.74) is 1.11. The van der Waals surface area contributed by atoms with Gasteiger partial charge in [-0.2, -0.15) is 0 Å². The number of amides is 2. The van der Waals surface area contributed by atoms with Crippen molar-refractivity contribution in [2.45, 2.75) is 25.9 Å². The third-order valence-corrected chi connectivity index (χ3v) is 5.28. The van der Waals surface area contributed by atoms with Crippen LogP contribution in [0.4, 0.5) is 11.4 Å². The van der Waals surface area contributed by atoms with E-state index in [1.165, 1.54) is 6.92 Å². The first-order valence-corrected chi connectivity index (χ1v) is 10.1. The van der Waals surface area contributed by atoms with E-state index in [-0.39, 0.29) is 17.5 Å². The van der Waals surface area contributed by atoms with Crippen LogP contribution in [-0.2, 0) is 19.1 Å². The van der Waals surface area contributed by atoms with Crippen LogP contribution in [0.15, 0.2) is 42.5 Å². The zero-order valence-corrected chi connectivity index (χ0v) is 17.7. The lowest BCUT2D eigenvalue weighted by Gasteiger charge is -2.16. The normalized spacial score (nSPS) is 14.4. The molecular weight excluding hydrogens is 431 g/mol. The zero-order chi connectivity index (χ0) is 21.7.